The van der Waals surface area contributed by atoms with Gasteiger partial charge >= 0.3 is 5.97 Å². The lowest BCUT2D eigenvalue weighted by molar-refractivity contribution is -0.138. The molecule has 0 radical (unpaired) electrons. The van der Waals surface area contributed by atoms with Gasteiger partial charge in [0.15, 0.2) is 0 Å². The molecule has 0 unspecified atom stereocenters. The Balaban J connectivity index is -0.000000303. The highest BCUT2D eigenvalue weighted by Gasteiger charge is 2.07. The van der Waals surface area contributed by atoms with Gasteiger partial charge in [-0.15, -0.1) is 0 Å². The van der Waals surface area contributed by atoms with E-state index >= 15 is 0 Å². The number of allylic oxidation sites excluding steroid dienone is 1. The fourth-order valence-electron chi connectivity index (χ4n) is 0.363. The van der Waals surface area contributed by atoms with E-state index in [0.29, 0.717) is 0 Å². The van der Waals surface area contributed by atoms with E-state index in [1.54, 1.807) is 6.07 Å². The first-order valence-corrected chi connectivity index (χ1v) is 6.70. The number of ether oxygens (including phenoxy) is 1. The Bertz CT molecular complexity index is 436. The Morgan fingerprint density at radius 1 is 1.53 bits per heavy atom. The SMILES string of the molecule is C=C(C)C(=O)OCCS(=O)(=O)O.C=CC#N.C=CCl. The second kappa shape index (κ2) is 14.4. The van der Waals surface area contributed by atoms with Gasteiger partial charge < -0.3 is 4.74 Å². The summed E-state index contributed by atoms with van der Waals surface area (Å²) in [6, 6.07) is 1.69. The van der Waals surface area contributed by atoms with Gasteiger partial charge in [-0.2, -0.15) is 13.7 Å². The van der Waals surface area contributed by atoms with Gasteiger partial charge in [0.1, 0.15) is 12.4 Å². The van der Waals surface area contributed by atoms with Crippen molar-refractivity contribution in [2.45, 2.75) is 6.92 Å². The van der Waals surface area contributed by atoms with Gasteiger partial charge in [0.25, 0.3) is 10.1 Å². The largest absolute Gasteiger partial charge is 0.461 e. The van der Waals surface area contributed by atoms with Crippen LogP contribution >= 0.6 is 11.6 Å². The molecule has 0 fully saturated rings. The van der Waals surface area contributed by atoms with Crippen molar-refractivity contribution in [1.29, 1.82) is 5.26 Å². The summed E-state index contributed by atoms with van der Waals surface area (Å²) >= 11 is 4.76. The van der Waals surface area contributed by atoms with Crippen LogP contribution in [0.4, 0.5) is 0 Å². The van der Waals surface area contributed by atoms with Crippen molar-refractivity contribution in [3.8, 4) is 6.07 Å². The topological polar surface area (TPSA) is 104 Å². The fourth-order valence-corrected chi connectivity index (χ4v) is 0.657. The Hall–Kier alpha value is -1.62. The van der Waals surface area contributed by atoms with Gasteiger partial charge in [-0.25, -0.2) is 4.79 Å². The number of hydrogen-bond donors (Lipinski definition) is 1. The van der Waals surface area contributed by atoms with Crippen molar-refractivity contribution in [3.05, 3.63) is 36.9 Å². The van der Waals surface area contributed by atoms with Crippen LogP contribution in [0, 0.1) is 11.3 Å². The van der Waals surface area contributed by atoms with Crippen LogP contribution < -0.4 is 0 Å². The van der Waals surface area contributed by atoms with E-state index in [1.807, 2.05) is 0 Å². The third-order valence-electron chi connectivity index (χ3n) is 1.01. The average molecular weight is 310 g/mol. The molecule has 0 aromatic rings. The lowest BCUT2D eigenvalue weighted by atomic mass is 10.4. The van der Waals surface area contributed by atoms with Gasteiger partial charge in [-0.3, -0.25) is 4.55 Å². The predicted octanol–water partition coefficient (Wildman–Crippen LogP) is 2.06. The van der Waals surface area contributed by atoms with Crippen molar-refractivity contribution in [3.63, 3.8) is 0 Å². The molecule has 0 aliphatic heterocycles. The summed E-state index contributed by atoms with van der Waals surface area (Å²) < 4.78 is 32.9. The molecule has 0 aromatic carbocycles. The maximum Gasteiger partial charge on any atom is 0.333 e. The molecule has 0 rings (SSSR count). The van der Waals surface area contributed by atoms with Gasteiger partial charge in [-0.1, -0.05) is 31.3 Å². The predicted molar refractivity (Wildman–Crippen MR) is 74.0 cm³/mol. The van der Waals surface area contributed by atoms with Crippen LogP contribution in [0.3, 0.4) is 0 Å². The molecule has 0 atom stereocenters. The number of nitriles is 1. The number of carbonyl (C=O) groups is 1. The molecule has 6 nitrogen and oxygen atoms in total. The normalized spacial score (nSPS) is 8.32. The highest BCUT2D eigenvalue weighted by Crippen LogP contribution is 1.92. The summed E-state index contributed by atoms with van der Waals surface area (Å²) in [6.07, 6.45) is 1.18. The Morgan fingerprint density at radius 2 is 1.89 bits per heavy atom. The monoisotopic (exact) mass is 309 g/mol. The number of carbonyl (C=O) groups excluding carboxylic acids is 1. The third-order valence-corrected chi connectivity index (χ3v) is 1.70. The molecule has 0 aliphatic rings. The van der Waals surface area contributed by atoms with Crippen LogP contribution in [0.1, 0.15) is 6.92 Å². The third kappa shape index (κ3) is 31.4. The van der Waals surface area contributed by atoms with Gasteiger partial charge in [0, 0.05) is 11.6 Å². The van der Waals surface area contributed by atoms with Gasteiger partial charge in [-0.05, 0) is 12.5 Å². The van der Waals surface area contributed by atoms with Crippen molar-refractivity contribution in [2.75, 3.05) is 12.4 Å². The number of halogens is 1. The number of hydrogen-bond acceptors (Lipinski definition) is 5. The second-order valence-corrected chi connectivity index (χ2v) is 4.57. The molecule has 0 heterocycles. The highest BCUT2D eigenvalue weighted by atomic mass is 35.5. The first-order chi connectivity index (χ1) is 8.66. The highest BCUT2D eigenvalue weighted by molar-refractivity contribution is 7.85. The molecule has 8 heteroatoms. The van der Waals surface area contributed by atoms with Crippen molar-refractivity contribution in [2.24, 2.45) is 0 Å². The first kappa shape index (κ1) is 22.6. The van der Waals surface area contributed by atoms with Gasteiger partial charge in [0.2, 0.25) is 0 Å². The van der Waals surface area contributed by atoms with E-state index in [4.69, 9.17) is 21.4 Å². The zero-order valence-electron chi connectivity index (χ0n) is 10.5. The minimum atomic E-state index is -4.05. The summed E-state index contributed by atoms with van der Waals surface area (Å²) in [7, 11) is -4.05. The number of nitrogens with zero attached hydrogens (tertiary/aromatic N) is 1. The van der Waals surface area contributed by atoms with Crippen LogP contribution in [0.2, 0.25) is 0 Å². The molecule has 0 saturated heterocycles. The molecule has 19 heavy (non-hydrogen) atoms. The summed E-state index contributed by atoms with van der Waals surface area (Å²) in [5.41, 5.74) is 1.41. The Kier molecular flexibility index (Phi) is 17.1. The molecule has 108 valence electrons. The minimum absolute atomic E-state index is 0.185. The maximum absolute atomic E-state index is 10.6. The standard InChI is InChI=1S/C6H10O5S.C3H3N.C2H3Cl/c1-5(2)6(7)11-3-4-12(8,9)10;1-2-3-4;1-2-3/h1,3-4H2,2H3,(H,8,9,10);2H,1H2;2H,1H2. The lowest BCUT2D eigenvalue weighted by Crippen LogP contribution is -2.14. The van der Waals surface area contributed by atoms with Crippen molar-refractivity contribution >= 4 is 27.7 Å². The first-order valence-electron chi connectivity index (χ1n) is 4.65. The Labute approximate surface area is 118 Å². The van der Waals surface area contributed by atoms with E-state index in [2.05, 4.69) is 24.5 Å². The Morgan fingerprint density at radius 3 is 2.11 bits per heavy atom. The summed E-state index contributed by atoms with van der Waals surface area (Å²) in [6.45, 7) is 10.6. The second-order valence-electron chi connectivity index (χ2n) is 2.69. The zero-order valence-corrected chi connectivity index (χ0v) is 12.1. The van der Waals surface area contributed by atoms with E-state index < -0.39 is 21.8 Å². The number of esters is 1. The molecule has 0 aromatic heterocycles. The zero-order chi connectivity index (χ0) is 15.9. The minimum Gasteiger partial charge on any atom is -0.461 e. The van der Waals surface area contributed by atoms with Crippen LogP contribution in [-0.2, 0) is 19.6 Å². The van der Waals surface area contributed by atoms with Crippen LogP contribution in [0.15, 0.2) is 36.9 Å². The molecule has 1 N–H and O–H groups in total. The maximum atomic E-state index is 10.6. The van der Waals surface area contributed by atoms with E-state index in [0.717, 1.165) is 0 Å². The molecular weight excluding hydrogens is 294 g/mol. The summed E-state index contributed by atoms with van der Waals surface area (Å²) in [5.74, 6) is -1.26. The van der Waals surface area contributed by atoms with E-state index in [1.165, 1.54) is 18.5 Å². The molecule has 0 saturated carbocycles. The van der Waals surface area contributed by atoms with E-state index in [-0.39, 0.29) is 12.2 Å². The molecular formula is C11H16ClNO5S. The van der Waals surface area contributed by atoms with E-state index in [9.17, 15) is 13.2 Å². The summed E-state index contributed by atoms with van der Waals surface area (Å²) in [5, 5.41) is 7.51. The molecule has 0 spiro atoms. The number of rotatable bonds is 4. The lowest BCUT2D eigenvalue weighted by Gasteiger charge is -2.01. The quantitative estimate of drug-likeness (QED) is 0.369. The van der Waals surface area contributed by atoms with Crippen LogP contribution in [-0.4, -0.2) is 31.3 Å². The molecule has 0 bridgehead atoms. The van der Waals surface area contributed by atoms with Crippen LogP contribution in [0.5, 0.6) is 0 Å². The smallest absolute Gasteiger partial charge is 0.333 e. The molecule has 0 amide bonds. The van der Waals surface area contributed by atoms with Gasteiger partial charge in [0.05, 0.1) is 6.07 Å². The fraction of sp³-hybridized carbons (Fsp3) is 0.273. The molecule has 0 aliphatic carbocycles. The average Bonchev–Trinajstić information content (AvgIpc) is 2.28. The summed E-state index contributed by atoms with van der Waals surface area (Å²) in [4.78, 5) is 10.6. The van der Waals surface area contributed by atoms with Crippen molar-refractivity contribution < 1.29 is 22.5 Å². The van der Waals surface area contributed by atoms with Crippen LogP contribution in [0.25, 0.3) is 0 Å². The van der Waals surface area contributed by atoms with Crippen molar-refractivity contribution in [1.82, 2.24) is 0 Å².